The number of aryl methyl sites for hydroxylation is 2. The summed E-state index contributed by atoms with van der Waals surface area (Å²) in [5.74, 6) is 0.672. The molecule has 1 amide bonds. The van der Waals surface area contributed by atoms with E-state index in [2.05, 4.69) is 4.98 Å². The van der Waals surface area contributed by atoms with Gasteiger partial charge in [-0.15, -0.1) is 0 Å². The van der Waals surface area contributed by atoms with Crippen LogP contribution in [0.3, 0.4) is 0 Å². The van der Waals surface area contributed by atoms with Gasteiger partial charge in [0, 0.05) is 52.0 Å². The fourth-order valence-electron chi connectivity index (χ4n) is 4.94. The highest BCUT2D eigenvalue weighted by Gasteiger charge is 2.35. The molecule has 196 valence electrons. The van der Waals surface area contributed by atoms with Gasteiger partial charge >= 0.3 is 5.69 Å². The van der Waals surface area contributed by atoms with Crippen molar-refractivity contribution in [1.82, 2.24) is 23.6 Å². The third-order valence-corrected chi connectivity index (χ3v) is 7.26. The molecule has 1 aromatic carbocycles. The van der Waals surface area contributed by atoms with Gasteiger partial charge in [-0.2, -0.15) is 0 Å². The Labute approximate surface area is 213 Å². The molecule has 0 bridgehead atoms. The standard InChI is InChI=1S/C27H32FN5O4/c1-4-32-24-23(26(35)33(5-2)27(32)36)30(3)22(29-24)11-7-17-6-10-21(20(28)16-17)37-19-12-14-31(15-13-19)25(34)18-8-9-18/h6-7,10-11,16,18-19H,4-5,8-9,12-15H2,1-3H3/b11-7+. The summed E-state index contributed by atoms with van der Waals surface area (Å²) in [6, 6.07) is 4.77. The number of carbonyl (C=O) groups excluding carboxylic acids is 1. The van der Waals surface area contributed by atoms with E-state index >= 15 is 0 Å². The number of hydrogen-bond acceptors (Lipinski definition) is 5. The van der Waals surface area contributed by atoms with Crippen molar-refractivity contribution in [3.8, 4) is 5.75 Å². The summed E-state index contributed by atoms with van der Waals surface area (Å²) >= 11 is 0. The van der Waals surface area contributed by atoms with Crippen molar-refractivity contribution in [3.63, 3.8) is 0 Å². The molecule has 0 spiro atoms. The average molecular weight is 510 g/mol. The van der Waals surface area contributed by atoms with Crippen molar-refractivity contribution in [2.75, 3.05) is 13.1 Å². The second kappa shape index (κ2) is 9.99. The Kier molecular flexibility index (Phi) is 6.74. The molecule has 1 saturated heterocycles. The summed E-state index contributed by atoms with van der Waals surface area (Å²) in [6.45, 7) is 5.55. The summed E-state index contributed by atoms with van der Waals surface area (Å²) in [5, 5.41) is 0. The Morgan fingerprint density at radius 1 is 1.08 bits per heavy atom. The predicted octanol–water partition coefficient (Wildman–Crippen LogP) is 3.03. The van der Waals surface area contributed by atoms with Gasteiger partial charge < -0.3 is 14.2 Å². The summed E-state index contributed by atoms with van der Waals surface area (Å²) < 4.78 is 25.1. The van der Waals surface area contributed by atoms with Crippen LogP contribution in [0, 0.1) is 11.7 Å². The molecule has 2 aliphatic rings. The molecule has 1 aliphatic carbocycles. The topological polar surface area (TPSA) is 91.4 Å². The zero-order valence-electron chi connectivity index (χ0n) is 21.4. The Hall–Kier alpha value is -3.69. The molecule has 1 aliphatic heterocycles. The maximum atomic E-state index is 14.8. The van der Waals surface area contributed by atoms with Crippen molar-refractivity contribution >= 4 is 29.2 Å². The molecule has 10 heteroatoms. The first-order valence-electron chi connectivity index (χ1n) is 13.0. The third-order valence-electron chi connectivity index (χ3n) is 7.26. The van der Waals surface area contributed by atoms with E-state index in [9.17, 15) is 18.8 Å². The smallest absolute Gasteiger partial charge is 0.332 e. The number of ether oxygens (including phenoxy) is 1. The number of likely N-dealkylation sites (tertiary alicyclic amines) is 1. The van der Waals surface area contributed by atoms with Crippen LogP contribution in [0.25, 0.3) is 23.3 Å². The summed E-state index contributed by atoms with van der Waals surface area (Å²) in [5.41, 5.74) is 0.540. The minimum atomic E-state index is -0.464. The van der Waals surface area contributed by atoms with Gasteiger partial charge in [-0.3, -0.25) is 18.7 Å². The lowest BCUT2D eigenvalue weighted by molar-refractivity contribution is -0.134. The molecule has 9 nitrogen and oxygen atoms in total. The van der Waals surface area contributed by atoms with E-state index in [1.165, 1.54) is 15.2 Å². The Balaban J connectivity index is 1.31. The summed E-state index contributed by atoms with van der Waals surface area (Å²) in [7, 11) is 1.72. The van der Waals surface area contributed by atoms with Gasteiger partial charge in [0.2, 0.25) is 5.91 Å². The first-order chi connectivity index (χ1) is 17.8. The largest absolute Gasteiger partial charge is 0.487 e. The van der Waals surface area contributed by atoms with Crippen LogP contribution in [0.2, 0.25) is 0 Å². The minimum absolute atomic E-state index is 0.123. The van der Waals surface area contributed by atoms with Crippen molar-refractivity contribution < 1.29 is 13.9 Å². The molecule has 0 atom stereocenters. The van der Waals surface area contributed by atoms with Crippen LogP contribution in [-0.4, -0.2) is 48.7 Å². The van der Waals surface area contributed by atoms with Crippen molar-refractivity contribution in [2.24, 2.45) is 13.0 Å². The highest BCUT2D eigenvalue weighted by atomic mass is 19.1. The van der Waals surface area contributed by atoms with E-state index in [4.69, 9.17) is 4.74 Å². The van der Waals surface area contributed by atoms with Gasteiger partial charge in [0.1, 0.15) is 11.9 Å². The van der Waals surface area contributed by atoms with Crippen LogP contribution in [-0.2, 0) is 24.9 Å². The van der Waals surface area contributed by atoms with Crippen molar-refractivity contribution in [3.05, 3.63) is 56.2 Å². The number of amides is 1. The molecule has 5 rings (SSSR count). The van der Waals surface area contributed by atoms with Crippen LogP contribution in [0.1, 0.15) is 50.9 Å². The molecular formula is C27H32FN5O4. The molecule has 37 heavy (non-hydrogen) atoms. The maximum Gasteiger partial charge on any atom is 0.332 e. The van der Waals surface area contributed by atoms with E-state index in [0.29, 0.717) is 55.0 Å². The number of piperidine rings is 1. The first-order valence-corrected chi connectivity index (χ1v) is 13.0. The predicted molar refractivity (Wildman–Crippen MR) is 139 cm³/mol. The quantitative estimate of drug-likeness (QED) is 0.488. The minimum Gasteiger partial charge on any atom is -0.487 e. The number of hydrogen-bond donors (Lipinski definition) is 0. The van der Waals surface area contributed by atoms with Crippen molar-refractivity contribution in [1.29, 1.82) is 0 Å². The Bertz CT molecular complexity index is 1490. The first kappa shape index (κ1) is 25.0. The van der Waals surface area contributed by atoms with E-state index in [0.717, 1.165) is 12.8 Å². The number of aromatic nitrogens is 4. The highest BCUT2D eigenvalue weighted by Crippen LogP contribution is 2.32. The van der Waals surface area contributed by atoms with Gasteiger partial charge in [-0.25, -0.2) is 14.2 Å². The number of carbonyl (C=O) groups is 1. The number of rotatable bonds is 7. The van der Waals surface area contributed by atoms with Gasteiger partial charge in [-0.05, 0) is 50.5 Å². The molecule has 2 aromatic heterocycles. The van der Waals surface area contributed by atoms with E-state index in [-0.39, 0.29) is 41.5 Å². The molecule has 3 heterocycles. The monoisotopic (exact) mass is 509 g/mol. The van der Waals surface area contributed by atoms with Crippen LogP contribution in [0.4, 0.5) is 4.39 Å². The van der Waals surface area contributed by atoms with Gasteiger partial charge in [0.25, 0.3) is 5.56 Å². The molecule has 2 fully saturated rings. The van der Waals surface area contributed by atoms with Crippen molar-refractivity contribution in [2.45, 2.75) is 58.7 Å². The second-order valence-corrected chi connectivity index (χ2v) is 9.72. The number of fused-ring (bicyclic) bond motifs is 1. The molecule has 1 saturated carbocycles. The second-order valence-electron chi connectivity index (χ2n) is 9.72. The molecule has 0 radical (unpaired) electrons. The molecule has 0 N–H and O–H groups in total. The molecular weight excluding hydrogens is 477 g/mol. The normalized spacial score (nSPS) is 16.7. The van der Waals surface area contributed by atoms with E-state index in [1.807, 2.05) is 11.8 Å². The zero-order chi connectivity index (χ0) is 26.3. The van der Waals surface area contributed by atoms with Crippen LogP contribution in [0.15, 0.2) is 27.8 Å². The SMILES string of the molecule is CCn1c(=O)c2c(nc(/C=C/c3ccc(OC4CCN(C(=O)C5CC5)CC4)c(F)c3)n2C)n(CC)c1=O. The molecule has 3 aromatic rings. The van der Waals surface area contributed by atoms with Crippen LogP contribution < -0.4 is 16.0 Å². The zero-order valence-corrected chi connectivity index (χ0v) is 21.4. The Morgan fingerprint density at radius 3 is 2.41 bits per heavy atom. The van der Waals surface area contributed by atoms with Crippen LogP contribution >= 0.6 is 0 Å². The maximum absolute atomic E-state index is 14.8. The van der Waals surface area contributed by atoms with Gasteiger partial charge in [0.05, 0.1) is 0 Å². The lowest BCUT2D eigenvalue weighted by Gasteiger charge is -2.32. The van der Waals surface area contributed by atoms with E-state index in [1.54, 1.807) is 42.8 Å². The third kappa shape index (κ3) is 4.72. The number of halogens is 1. The fourth-order valence-corrected chi connectivity index (χ4v) is 4.94. The number of benzene rings is 1. The number of nitrogens with zero attached hydrogens (tertiary/aromatic N) is 5. The fraction of sp³-hybridized carbons (Fsp3) is 0.481. The lowest BCUT2D eigenvalue weighted by Crippen LogP contribution is -2.42. The summed E-state index contributed by atoms with van der Waals surface area (Å²) in [4.78, 5) is 44.2. The van der Waals surface area contributed by atoms with E-state index < -0.39 is 5.82 Å². The van der Waals surface area contributed by atoms with Gasteiger partial charge in [-0.1, -0.05) is 12.1 Å². The summed E-state index contributed by atoms with van der Waals surface area (Å²) in [6.07, 6.45) is 6.66. The van der Waals surface area contributed by atoms with Crippen LogP contribution in [0.5, 0.6) is 5.75 Å². The highest BCUT2D eigenvalue weighted by molar-refractivity contribution is 5.81. The number of imidazole rings is 1. The lowest BCUT2D eigenvalue weighted by atomic mass is 10.1. The Morgan fingerprint density at radius 2 is 1.78 bits per heavy atom. The van der Waals surface area contributed by atoms with Gasteiger partial charge in [0.15, 0.2) is 22.7 Å². The molecule has 0 unspecified atom stereocenters. The average Bonchev–Trinajstić information content (AvgIpc) is 3.69.